The first-order valence-corrected chi connectivity index (χ1v) is 5.43. The molecule has 0 aliphatic heterocycles. The summed E-state index contributed by atoms with van der Waals surface area (Å²) in [7, 11) is 0. The molecule has 0 heterocycles. The quantitative estimate of drug-likeness (QED) is 0.563. The second-order valence-electron chi connectivity index (χ2n) is 4.29. The molecule has 0 heteroatoms. The van der Waals surface area contributed by atoms with Crippen molar-refractivity contribution in [2.75, 3.05) is 0 Å². The van der Waals surface area contributed by atoms with Crippen molar-refractivity contribution in [2.24, 2.45) is 5.92 Å². The predicted octanol–water partition coefficient (Wildman–Crippen LogP) is 4.01. The summed E-state index contributed by atoms with van der Waals surface area (Å²) < 4.78 is 0. The molecule has 0 aromatic heterocycles. The van der Waals surface area contributed by atoms with Gasteiger partial charge in [-0.05, 0) is 31.3 Å². The van der Waals surface area contributed by atoms with Gasteiger partial charge in [-0.15, -0.1) is 0 Å². The van der Waals surface area contributed by atoms with Crippen molar-refractivity contribution in [3.8, 4) is 0 Å². The van der Waals surface area contributed by atoms with E-state index in [1.807, 2.05) is 0 Å². The lowest BCUT2D eigenvalue weighted by molar-refractivity contribution is 0.419. The molecule has 0 aromatic carbocycles. The summed E-state index contributed by atoms with van der Waals surface area (Å²) in [6, 6.07) is 0. The summed E-state index contributed by atoms with van der Waals surface area (Å²) in [4.78, 5) is 0. The minimum atomic E-state index is 0.857. The summed E-state index contributed by atoms with van der Waals surface area (Å²) in [5.41, 5.74) is 2.83. The van der Waals surface area contributed by atoms with Crippen molar-refractivity contribution < 1.29 is 0 Å². The first kappa shape index (κ1) is 8.80. The highest BCUT2D eigenvalue weighted by Gasteiger charge is 2.11. The van der Waals surface area contributed by atoms with Crippen LogP contribution in [-0.2, 0) is 0 Å². The van der Waals surface area contributed by atoms with E-state index in [1.165, 1.54) is 43.3 Å². The van der Waals surface area contributed by atoms with Crippen LogP contribution in [-0.4, -0.2) is 0 Å². The van der Waals surface area contributed by atoms with Gasteiger partial charge in [0.2, 0.25) is 0 Å². The molecule has 0 bridgehead atoms. The van der Waals surface area contributed by atoms with E-state index < -0.39 is 0 Å². The second kappa shape index (κ2) is 3.95. The van der Waals surface area contributed by atoms with Gasteiger partial charge in [0.25, 0.3) is 0 Å². The van der Waals surface area contributed by atoms with Crippen molar-refractivity contribution in [3.05, 3.63) is 35.5 Å². The van der Waals surface area contributed by atoms with Gasteiger partial charge in [0.15, 0.2) is 0 Å². The lowest BCUT2D eigenvalue weighted by Crippen LogP contribution is -2.03. The summed E-state index contributed by atoms with van der Waals surface area (Å²) in [5.74, 6) is 0.857. The summed E-state index contributed by atoms with van der Waals surface area (Å²) in [6.45, 7) is 2.16. The maximum absolute atomic E-state index is 2.46. The van der Waals surface area contributed by atoms with Crippen molar-refractivity contribution in [1.29, 1.82) is 0 Å². The Morgan fingerprint density at radius 1 is 1.15 bits per heavy atom. The molecule has 0 saturated heterocycles. The molecule has 13 heavy (non-hydrogen) atoms. The Bertz CT molecular complexity index is 260. The Morgan fingerprint density at radius 2 is 1.92 bits per heavy atom. The Morgan fingerprint density at radius 3 is 2.54 bits per heavy atom. The van der Waals surface area contributed by atoms with Gasteiger partial charge in [-0.2, -0.15) is 0 Å². The maximum Gasteiger partial charge on any atom is -0.0225 e. The van der Waals surface area contributed by atoms with Gasteiger partial charge in [0.05, 0.1) is 0 Å². The van der Waals surface area contributed by atoms with Gasteiger partial charge < -0.3 is 0 Å². The highest BCUT2D eigenvalue weighted by Crippen LogP contribution is 2.27. The first-order chi connectivity index (χ1) is 6.34. The van der Waals surface area contributed by atoms with Crippen LogP contribution < -0.4 is 0 Å². The zero-order valence-electron chi connectivity index (χ0n) is 8.42. The Balaban J connectivity index is 1.99. The van der Waals surface area contributed by atoms with Crippen LogP contribution >= 0.6 is 0 Å². The molecule has 1 fully saturated rings. The molecular weight excluding hydrogens is 156 g/mol. The van der Waals surface area contributed by atoms with Crippen LogP contribution in [0.4, 0.5) is 0 Å². The molecule has 2 rings (SSSR count). The molecule has 0 aromatic rings. The molecule has 0 unspecified atom stereocenters. The van der Waals surface area contributed by atoms with Crippen LogP contribution in [0.3, 0.4) is 0 Å². The predicted molar refractivity (Wildman–Crippen MR) is 57.6 cm³/mol. The van der Waals surface area contributed by atoms with E-state index >= 15 is 0 Å². The van der Waals surface area contributed by atoms with Crippen LogP contribution in [0.25, 0.3) is 0 Å². The van der Waals surface area contributed by atoms with E-state index in [-0.39, 0.29) is 0 Å². The SMILES string of the molecule is CC1=CC(=CC2CCCCC2)C=C1. The fourth-order valence-corrected chi connectivity index (χ4v) is 2.26. The molecule has 0 N–H and O–H groups in total. The van der Waals surface area contributed by atoms with Crippen LogP contribution in [0, 0.1) is 5.92 Å². The lowest BCUT2D eigenvalue weighted by atomic mass is 9.88. The van der Waals surface area contributed by atoms with Gasteiger partial charge in [0.1, 0.15) is 0 Å². The smallest absolute Gasteiger partial charge is 0.0225 e. The van der Waals surface area contributed by atoms with Crippen molar-refractivity contribution >= 4 is 0 Å². The number of allylic oxidation sites excluding steroid dienone is 6. The Labute approximate surface area is 81.0 Å². The third kappa shape index (κ3) is 2.33. The molecule has 0 amide bonds. The molecule has 70 valence electrons. The largest absolute Gasteiger partial charge is 0.0741 e. The molecule has 0 radical (unpaired) electrons. The monoisotopic (exact) mass is 174 g/mol. The highest BCUT2D eigenvalue weighted by atomic mass is 14.2. The van der Waals surface area contributed by atoms with Crippen molar-refractivity contribution in [3.63, 3.8) is 0 Å². The molecule has 0 atom stereocenters. The van der Waals surface area contributed by atoms with E-state index in [0.717, 1.165) is 5.92 Å². The normalized spacial score (nSPS) is 26.8. The number of rotatable bonds is 1. The molecule has 0 nitrogen and oxygen atoms in total. The average molecular weight is 174 g/mol. The summed E-state index contributed by atoms with van der Waals surface area (Å²) >= 11 is 0. The lowest BCUT2D eigenvalue weighted by Gasteiger charge is -2.18. The van der Waals surface area contributed by atoms with Gasteiger partial charge in [-0.1, -0.05) is 49.1 Å². The van der Waals surface area contributed by atoms with E-state index in [4.69, 9.17) is 0 Å². The highest BCUT2D eigenvalue weighted by molar-refractivity contribution is 5.45. The number of hydrogen-bond donors (Lipinski definition) is 0. The van der Waals surface area contributed by atoms with Crippen LogP contribution in [0.15, 0.2) is 35.5 Å². The maximum atomic E-state index is 2.46. The minimum absolute atomic E-state index is 0.857. The van der Waals surface area contributed by atoms with E-state index in [0.29, 0.717) is 0 Å². The van der Waals surface area contributed by atoms with Gasteiger partial charge >= 0.3 is 0 Å². The third-order valence-electron chi connectivity index (χ3n) is 3.01. The van der Waals surface area contributed by atoms with Crippen LogP contribution in [0.2, 0.25) is 0 Å². The fraction of sp³-hybridized carbons (Fsp3) is 0.538. The fourth-order valence-electron chi connectivity index (χ4n) is 2.26. The van der Waals surface area contributed by atoms with E-state index in [1.54, 1.807) is 0 Å². The molecular formula is C13H18. The average Bonchev–Trinajstić information content (AvgIpc) is 2.53. The van der Waals surface area contributed by atoms with Crippen molar-refractivity contribution in [2.45, 2.75) is 39.0 Å². The van der Waals surface area contributed by atoms with Crippen LogP contribution in [0.5, 0.6) is 0 Å². The topological polar surface area (TPSA) is 0 Å². The van der Waals surface area contributed by atoms with Gasteiger partial charge in [0, 0.05) is 0 Å². The number of hydrogen-bond acceptors (Lipinski definition) is 0. The summed E-state index contributed by atoms with van der Waals surface area (Å²) in [6.07, 6.45) is 16.3. The zero-order chi connectivity index (χ0) is 9.10. The minimum Gasteiger partial charge on any atom is -0.0741 e. The first-order valence-electron chi connectivity index (χ1n) is 5.43. The Kier molecular flexibility index (Phi) is 2.68. The Hall–Kier alpha value is -0.780. The molecule has 0 spiro atoms. The van der Waals surface area contributed by atoms with Gasteiger partial charge in [-0.3, -0.25) is 0 Å². The molecule has 2 aliphatic rings. The zero-order valence-corrected chi connectivity index (χ0v) is 8.42. The van der Waals surface area contributed by atoms with E-state index in [9.17, 15) is 0 Å². The standard InChI is InChI=1S/C13H18/c1-11-7-8-13(9-11)10-12-5-3-2-4-6-12/h7-10,12H,2-6H2,1H3. The van der Waals surface area contributed by atoms with E-state index in [2.05, 4.69) is 31.2 Å². The second-order valence-corrected chi connectivity index (χ2v) is 4.29. The summed E-state index contributed by atoms with van der Waals surface area (Å²) in [5, 5.41) is 0. The molecule has 1 saturated carbocycles. The van der Waals surface area contributed by atoms with Crippen LogP contribution in [0.1, 0.15) is 39.0 Å². The molecule has 2 aliphatic carbocycles. The third-order valence-corrected chi connectivity index (χ3v) is 3.01. The van der Waals surface area contributed by atoms with Gasteiger partial charge in [-0.25, -0.2) is 0 Å². The van der Waals surface area contributed by atoms with Crippen molar-refractivity contribution in [1.82, 2.24) is 0 Å².